The van der Waals surface area contributed by atoms with Crippen molar-refractivity contribution in [3.63, 3.8) is 0 Å². The molecular formula is C22H26N4O3. The molecule has 3 rings (SSSR count). The number of nitrogens with zero attached hydrogens (tertiary/aromatic N) is 2. The number of amides is 1. The molecule has 0 unspecified atom stereocenters. The molecule has 0 saturated carbocycles. The third-order valence-electron chi connectivity index (χ3n) is 4.39. The predicted octanol–water partition coefficient (Wildman–Crippen LogP) is 2.85. The van der Waals surface area contributed by atoms with Crippen LogP contribution in [0.4, 0.5) is 5.69 Å². The van der Waals surface area contributed by atoms with Gasteiger partial charge in [0, 0.05) is 30.9 Å². The summed E-state index contributed by atoms with van der Waals surface area (Å²) < 4.78 is 12.8. The number of rotatable bonds is 9. The first kappa shape index (κ1) is 20.4. The SMILES string of the molecule is CCOc1cc(NC(=O)[C@@H](N)Cc2cn(Cc3ccccc3)cn2)ccc1OC. The number of hydrogen-bond acceptors (Lipinski definition) is 5. The minimum atomic E-state index is -0.715. The number of methoxy groups -OCH3 is 1. The summed E-state index contributed by atoms with van der Waals surface area (Å²) in [6.07, 6.45) is 4.02. The molecule has 0 bridgehead atoms. The number of carbonyl (C=O) groups excluding carboxylic acids is 1. The highest BCUT2D eigenvalue weighted by molar-refractivity contribution is 5.95. The van der Waals surface area contributed by atoms with Crippen LogP contribution in [0.15, 0.2) is 61.1 Å². The maximum absolute atomic E-state index is 12.5. The van der Waals surface area contributed by atoms with Gasteiger partial charge < -0.3 is 25.1 Å². The minimum absolute atomic E-state index is 0.282. The Hall–Kier alpha value is -3.32. The lowest BCUT2D eigenvalue weighted by Gasteiger charge is -2.14. The van der Waals surface area contributed by atoms with E-state index >= 15 is 0 Å². The molecule has 0 fully saturated rings. The predicted molar refractivity (Wildman–Crippen MR) is 112 cm³/mol. The Morgan fingerprint density at radius 3 is 2.72 bits per heavy atom. The summed E-state index contributed by atoms with van der Waals surface area (Å²) in [4.78, 5) is 16.9. The molecule has 2 aromatic carbocycles. The zero-order valence-corrected chi connectivity index (χ0v) is 16.7. The number of nitrogens with two attached hydrogens (primary N) is 1. The summed E-state index contributed by atoms with van der Waals surface area (Å²) in [7, 11) is 1.57. The van der Waals surface area contributed by atoms with Gasteiger partial charge in [-0.15, -0.1) is 0 Å². The summed E-state index contributed by atoms with van der Waals surface area (Å²) in [5.74, 6) is 0.898. The number of ether oxygens (including phenoxy) is 2. The molecule has 0 aliphatic carbocycles. The van der Waals surface area contributed by atoms with Gasteiger partial charge in [0.15, 0.2) is 11.5 Å². The number of imidazole rings is 1. The van der Waals surface area contributed by atoms with Gasteiger partial charge in [0.05, 0.1) is 31.8 Å². The zero-order valence-electron chi connectivity index (χ0n) is 16.7. The fourth-order valence-electron chi connectivity index (χ4n) is 2.97. The third kappa shape index (κ3) is 5.58. The van der Waals surface area contributed by atoms with Gasteiger partial charge >= 0.3 is 0 Å². The van der Waals surface area contributed by atoms with Crippen molar-refractivity contribution in [3.8, 4) is 11.5 Å². The molecule has 29 heavy (non-hydrogen) atoms. The van der Waals surface area contributed by atoms with E-state index in [1.165, 1.54) is 5.56 Å². The van der Waals surface area contributed by atoms with Crippen LogP contribution >= 0.6 is 0 Å². The van der Waals surface area contributed by atoms with Crippen molar-refractivity contribution in [2.24, 2.45) is 5.73 Å². The maximum atomic E-state index is 12.5. The average molecular weight is 394 g/mol. The van der Waals surface area contributed by atoms with Gasteiger partial charge in [0.25, 0.3) is 0 Å². The number of nitrogens with one attached hydrogen (secondary N) is 1. The molecule has 1 atom stereocenters. The highest BCUT2D eigenvalue weighted by atomic mass is 16.5. The van der Waals surface area contributed by atoms with E-state index in [0.717, 1.165) is 12.2 Å². The molecular weight excluding hydrogens is 368 g/mol. The molecule has 0 aliphatic rings. The van der Waals surface area contributed by atoms with Crippen LogP contribution in [0.1, 0.15) is 18.2 Å². The van der Waals surface area contributed by atoms with Crippen molar-refractivity contribution in [1.82, 2.24) is 9.55 Å². The number of benzene rings is 2. The van der Waals surface area contributed by atoms with Crippen LogP contribution in [0, 0.1) is 0 Å². The van der Waals surface area contributed by atoms with Crippen molar-refractivity contribution < 1.29 is 14.3 Å². The van der Waals surface area contributed by atoms with E-state index in [2.05, 4.69) is 22.4 Å². The Morgan fingerprint density at radius 1 is 1.21 bits per heavy atom. The normalized spacial score (nSPS) is 11.7. The summed E-state index contributed by atoms with van der Waals surface area (Å²) in [5.41, 5.74) is 8.65. The molecule has 0 radical (unpaired) electrons. The zero-order chi connectivity index (χ0) is 20.6. The molecule has 0 aliphatic heterocycles. The van der Waals surface area contributed by atoms with E-state index in [9.17, 15) is 4.79 Å². The minimum Gasteiger partial charge on any atom is -0.493 e. The standard InChI is InChI=1S/C22H26N4O3/c1-3-29-21-12-17(9-10-20(21)28-2)25-22(27)19(23)11-18-14-26(15-24-18)13-16-7-5-4-6-8-16/h4-10,12,14-15,19H,3,11,13,23H2,1-2H3,(H,25,27)/t19-/m0/s1. The highest BCUT2D eigenvalue weighted by Crippen LogP contribution is 2.30. The van der Waals surface area contributed by atoms with E-state index in [4.69, 9.17) is 15.2 Å². The second kappa shape index (κ2) is 9.75. The highest BCUT2D eigenvalue weighted by Gasteiger charge is 2.17. The van der Waals surface area contributed by atoms with Crippen molar-refractivity contribution in [2.45, 2.75) is 25.9 Å². The molecule has 1 amide bonds. The van der Waals surface area contributed by atoms with Gasteiger partial charge in [-0.2, -0.15) is 0 Å². The number of aromatic nitrogens is 2. The second-order valence-electron chi connectivity index (χ2n) is 6.62. The number of carbonyl (C=O) groups is 1. The van der Waals surface area contributed by atoms with Gasteiger partial charge in [0.2, 0.25) is 5.91 Å². The molecule has 7 heteroatoms. The lowest BCUT2D eigenvalue weighted by Crippen LogP contribution is -2.37. The van der Waals surface area contributed by atoms with Crippen LogP contribution in [0.5, 0.6) is 11.5 Å². The first-order valence-electron chi connectivity index (χ1n) is 9.51. The van der Waals surface area contributed by atoms with E-state index < -0.39 is 6.04 Å². The smallest absolute Gasteiger partial charge is 0.241 e. The van der Waals surface area contributed by atoms with Crippen LogP contribution in [-0.2, 0) is 17.8 Å². The quantitative estimate of drug-likeness (QED) is 0.582. The van der Waals surface area contributed by atoms with Gasteiger partial charge in [-0.25, -0.2) is 4.98 Å². The topological polar surface area (TPSA) is 91.4 Å². The Morgan fingerprint density at radius 2 is 2.00 bits per heavy atom. The third-order valence-corrected chi connectivity index (χ3v) is 4.39. The van der Waals surface area contributed by atoms with Gasteiger partial charge in [0.1, 0.15) is 0 Å². The lowest BCUT2D eigenvalue weighted by atomic mass is 10.1. The largest absolute Gasteiger partial charge is 0.493 e. The van der Waals surface area contributed by atoms with Crippen LogP contribution in [0.25, 0.3) is 0 Å². The maximum Gasteiger partial charge on any atom is 0.241 e. The molecule has 0 saturated heterocycles. The number of hydrogen-bond donors (Lipinski definition) is 2. The van der Waals surface area contributed by atoms with E-state index in [0.29, 0.717) is 30.2 Å². The summed E-state index contributed by atoms with van der Waals surface area (Å²) in [6, 6.07) is 14.6. The number of anilines is 1. The van der Waals surface area contributed by atoms with Crippen LogP contribution in [0.3, 0.4) is 0 Å². The fourth-order valence-corrected chi connectivity index (χ4v) is 2.97. The van der Waals surface area contributed by atoms with E-state index in [1.54, 1.807) is 31.6 Å². The Labute approximate surface area is 170 Å². The first-order valence-corrected chi connectivity index (χ1v) is 9.51. The van der Waals surface area contributed by atoms with Crippen molar-refractivity contribution in [3.05, 3.63) is 72.3 Å². The average Bonchev–Trinajstić information content (AvgIpc) is 3.16. The lowest BCUT2D eigenvalue weighted by molar-refractivity contribution is -0.117. The molecule has 3 N–H and O–H groups in total. The van der Waals surface area contributed by atoms with Gasteiger partial charge in [-0.3, -0.25) is 4.79 Å². The van der Waals surface area contributed by atoms with Crippen LogP contribution < -0.4 is 20.5 Å². The van der Waals surface area contributed by atoms with E-state index in [1.807, 2.05) is 35.9 Å². The Bertz CT molecular complexity index is 940. The molecule has 7 nitrogen and oxygen atoms in total. The molecule has 3 aromatic rings. The molecule has 0 spiro atoms. The van der Waals surface area contributed by atoms with Gasteiger partial charge in [-0.1, -0.05) is 30.3 Å². The van der Waals surface area contributed by atoms with Crippen LogP contribution in [0.2, 0.25) is 0 Å². The summed E-state index contributed by atoms with van der Waals surface area (Å²) in [5, 5.41) is 2.82. The monoisotopic (exact) mass is 394 g/mol. The van der Waals surface area contributed by atoms with Crippen molar-refractivity contribution >= 4 is 11.6 Å². The van der Waals surface area contributed by atoms with Crippen molar-refractivity contribution in [2.75, 3.05) is 19.0 Å². The van der Waals surface area contributed by atoms with E-state index in [-0.39, 0.29) is 5.91 Å². The van der Waals surface area contributed by atoms with Gasteiger partial charge in [-0.05, 0) is 24.6 Å². The summed E-state index contributed by atoms with van der Waals surface area (Å²) in [6.45, 7) is 3.11. The second-order valence-corrected chi connectivity index (χ2v) is 6.62. The van der Waals surface area contributed by atoms with Crippen LogP contribution in [-0.4, -0.2) is 35.2 Å². The Kier molecular flexibility index (Phi) is 6.86. The molecule has 152 valence electrons. The first-order chi connectivity index (χ1) is 14.1. The van der Waals surface area contributed by atoms with Crippen molar-refractivity contribution in [1.29, 1.82) is 0 Å². The molecule has 1 heterocycles. The Balaban J connectivity index is 1.59. The summed E-state index contributed by atoms with van der Waals surface area (Å²) >= 11 is 0. The molecule has 1 aromatic heterocycles. The fraction of sp³-hybridized carbons (Fsp3) is 0.273.